The van der Waals surface area contributed by atoms with Crippen molar-refractivity contribution in [1.82, 2.24) is 0 Å². The van der Waals surface area contributed by atoms with Crippen molar-refractivity contribution < 1.29 is 22.7 Å². The second-order valence-electron chi connectivity index (χ2n) is 5.80. The first kappa shape index (κ1) is 18.3. The lowest BCUT2D eigenvalue weighted by molar-refractivity contribution is 0.0701. The summed E-state index contributed by atoms with van der Waals surface area (Å²) >= 11 is 0.980. The Hall–Kier alpha value is -2.51. The van der Waals surface area contributed by atoms with E-state index in [4.69, 9.17) is 0 Å². The van der Waals surface area contributed by atoms with Crippen LogP contribution in [0.25, 0.3) is 10.4 Å². The van der Waals surface area contributed by atoms with Gasteiger partial charge in [0, 0.05) is 4.88 Å². The van der Waals surface area contributed by atoms with E-state index in [2.05, 4.69) is 0 Å². The monoisotopic (exact) mass is 390 g/mol. The molecule has 26 heavy (non-hydrogen) atoms. The molecule has 3 aromatic rings. The van der Waals surface area contributed by atoms with Crippen molar-refractivity contribution in [3.63, 3.8) is 0 Å². The highest BCUT2D eigenvalue weighted by Gasteiger charge is 2.24. The molecule has 0 amide bonds. The zero-order chi connectivity index (χ0) is 18.9. The molecule has 0 aliphatic heterocycles. The summed E-state index contributed by atoms with van der Waals surface area (Å²) < 4.78 is 38.6. The van der Waals surface area contributed by atoms with Crippen molar-refractivity contribution in [2.45, 2.75) is 17.6 Å². The van der Waals surface area contributed by atoms with Crippen LogP contribution in [-0.2, 0) is 15.6 Å². The van der Waals surface area contributed by atoms with Gasteiger partial charge in [-0.25, -0.2) is 17.6 Å². The Morgan fingerprint density at radius 3 is 2.38 bits per heavy atom. The Bertz CT molecular complexity index is 1070. The normalized spacial score (nSPS) is 11.5. The van der Waals surface area contributed by atoms with Gasteiger partial charge in [-0.2, -0.15) is 0 Å². The highest BCUT2D eigenvalue weighted by atomic mass is 32.2. The number of sulfone groups is 1. The molecule has 0 saturated carbocycles. The summed E-state index contributed by atoms with van der Waals surface area (Å²) in [7, 11) is -3.69. The van der Waals surface area contributed by atoms with Gasteiger partial charge in [-0.15, -0.1) is 11.3 Å². The Labute approximate surface area is 154 Å². The topological polar surface area (TPSA) is 71.4 Å². The molecule has 0 fully saturated rings. The summed E-state index contributed by atoms with van der Waals surface area (Å²) in [6, 6.07) is 13.8. The van der Waals surface area contributed by atoms with Crippen molar-refractivity contribution in [3.8, 4) is 10.4 Å². The minimum Gasteiger partial charge on any atom is -0.477 e. The SMILES string of the molecule is Cc1ccccc1S(=O)(=O)Cc1cc(-c2ccc(F)cc2)sc1C(=O)O. The number of aryl methyl sites for hydroxylation is 1. The molecule has 7 heteroatoms. The van der Waals surface area contributed by atoms with E-state index in [1.807, 2.05) is 0 Å². The molecule has 0 saturated heterocycles. The number of carbonyl (C=O) groups is 1. The maximum absolute atomic E-state index is 13.1. The van der Waals surface area contributed by atoms with Gasteiger partial charge in [0.15, 0.2) is 9.84 Å². The van der Waals surface area contributed by atoms with Crippen molar-refractivity contribution in [1.29, 1.82) is 0 Å². The van der Waals surface area contributed by atoms with E-state index < -0.39 is 27.4 Å². The summed E-state index contributed by atoms with van der Waals surface area (Å²) in [6.07, 6.45) is 0. The maximum atomic E-state index is 13.1. The van der Waals surface area contributed by atoms with Crippen LogP contribution in [0.3, 0.4) is 0 Å². The van der Waals surface area contributed by atoms with Crippen LogP contribution < -0.4 is 0 Å². The molecular weight excluding hydrogens is 375 g/mol. The number of carboxylic acids is 1. The van der Waals surface area contributed by atoms with Crippen molar-refractivity contribution in [2.24, 2.45) is 0 Å². The van der Waals surface area contributed by atoms with Crippen molar-refractivity contribution in [3.05, 3.63) is 76.4 Å². The van der Waals surface area contributed by atoms with Gasteiger partial charge in [0.1, 0.15) is 10.7 Å². The van der Waals surface area contributed by atoms with E-state index in [0.29, 0.717) is 16.0 Å². The summed E-state index contributed by atoms with van der Waals surface area (Å²) in [5.41, 5.74) is 1.47. The highest BCUT2D eigenvalue weighted by Crippen LogP contribution is 2.34. The van der Waals surface area contributed by atoms with Gasteiger partial charge < -0.3 is 5.11 Å². The average Bonchev–Trinajstić information content (AvgIpc) is 2.99. The fourth-order valence-corrected chi connectivity index (χ4v) is 5.41. The third-order valence-corrected chi connectivity index (χ3v) is 6.94. The number of thiophene rings is 1. The lowest BCUT2D eigenvalue weighted by Gasteiger charge is -2.07. The van der Waals surface area contributed by atoms with E-state index >= 15 is 0 Å². The van der Waals surface area contributed by atoms with E-state index in [0.717, 1.165) is 11.3 Å². The zero-order valence-corrected chi connectivity index (χ0v) is 15.4. The molecule has 0 atom stereocenters. The van der Waals surface area contributed by atoms with Crippen LogP contribution in [0.15, 0.2) is 59.5 Å². The number of rotatable bonds is 5. The van der Waals surface area contributed by atoms with Gasteiger partial charge in [0.25, 0.3) is 0 Å². The number of carboxylic acid groups (broad SMARTS) is 1. The predicted molar refractivity (Wildman–Crippen MR) is 98.7 cm³/mol. The molecule has 1 N–H and O–H groups in total. The molecule has 0 unspecified atom stereocenters. The minimum absolute atomic E-state index is 0.0264. The first-order chi connectivity index (χ1) is 12.3. The Morgan fingerprint density at radius 2 is 1.77 bits per heavy atom. The van der Waals surface area contributed by atoms with Crippen molar-refractivity contribution in [2.75, 3.05) is 0 Å². The fourth-order valence-electron chi connectivity index (χ4n) is 2.66. The summed E-state index contributed by atoms with van der Waals surface area (Å²) in [4.78, 5) is 12.3. The van der Waals surface area contributed by atoms with Crippen LogP contribution in [0.5, 0.6) is 0 Å². The number of aromatic carboxylic acids is 1. The molecule has 3 rings (SSSR count). The molecule has 4 nitrogen and oxygen atoms in total. The highest BCUT2D eigenvalue weighted by molar-refractivity contribution is 7.90. The van der Waals surface area contributed by atoms with Gasteiger partial charge >= 0.3 is 5.97 Å². The molecule has 2 aromatic carbocycles. The van der Waals surface area contributed by atoms with E-state index in [9.17, 15) is 22.7 Å². The van der Waals surface area contributed by atoms with Crippen molar-refractivity contribution >= 4 is 27.1 Å². The molecule has 134 valence electrons. The van der Waals surface area contributed by atoms with Crippen LogP contribution in [0.2, 0.25) is 0 Å². The summed E-state index contributed by atoms with van der Waals surface area (Å²) in [6.45, 7) is 1.70. The lowest BCUT2D eigenvalue weighted by Crippen LogP contribution is -2.08. The molecule has 0 aliphatic rings. The number of halogens is 1. The van der Waals surface area contributed by atoms with Crippen LogP contribution >= 0.6 is 11.3 Å². The van der Waals surface area contributed by atoms with Gasteiger partial charge in [0.2, 0.25) is 0 Å². The van der Waals surface area contributed by atoms with Gasteiger partial charge in [-0.3, -0.25) is 0 Å². The van der Waals surface area contributed by atoms with Gasteiger partial charge in [-0.1, -0.05) is 30.3 Å². The largest absolute Gasteiger partial charge is 0.477 e. The molecule has 1 aromatic heterocycles. The summed E-state index contributed by atoms with van der Waals surface area (Å²) in [5, 5.41) is 9.45. The van der Waals surface area contributed by atoms with E-state index in [1.165, 1.54) is 30.3 Å². The van der Waals surface area contributed by atoms with Gasteiger partial charge in [-0.05, 0) is 47.9 Å². The molecule has 0 bridgehead atoms. The standard InChI is InChI=1S/C19H15FO4S2/c1-12-4-2-3-5-17(12)26(23,24)11-14-10-16(25-18(14)19(21)22)13-6-8-15(20)9-7-13/h2-10H,11H2,1H3,(H,21,22). The summed E-state index contributed by atoms with van der Waals surface area (Å²) in [5.74, 6) is -1.98. The second kappa shape index (κ2) is 7.01. The molecular formula is C19H15FO4S2. The van der Waals surface area contributed by atoms with Crippen LogP contribution in [0.4, 0.5) is 4.39 Å². The Kier molecular flexibility index (Phi) is 4.93. The zero-order valence-electron chi connectivity index (χ0n) is 13.8. The van der Waals surface area contributed by atoms with E-state index in [1.54, 1.807) is 31.2 Å². The first-order valence-corrected chi connectivity index (χ1v) is 10.1. The molecule has 0 spiro atoms. The van der Waals surface area contributed by atoms with Crippen LogP contribution in [-0.4, -0.2) is 19.5 Å². The third kappa shape index (κ3) is 3.68. The molecule has 0 aliphatic carbocycles. The Balaban J connectivity index is 2.03. The fraction of sp³-hybridized carbons (Fsp3) is 0.105. The third-order valence-electron chi connectivity index (χ3n) is 3.91. The maximum Gasteiger partial charge on any atom is 0.346 e. The number of hydrogen-bond donors (Lipinski definition) is 1. The minimum atomic E-state index is -3.69. The number of hydrogen-bond acceptors (Lipinski definition) is 4. The average molecular weight is 390 g/mol. The van der Waals surface area contributed by atoms with Crippen LogP contribution in [0, 0.1) is 12.7 Å². The van der Waals surface area contributed by atoms with E-state index in [-0.39, 0.29) is 15.3 Å². The first-order valence-electron chi connectivity index (χ1n) is 7.68. The molecule has 0 radical (unpaired) electrons. The predicted octanol–water partition coefficient (Wildman–Crippen LogP) is 4.53. The molecule has 1 heterocycles. The second-order valence-corrected chi connectivity index (χ2v) is 8.81. The Morgan fingerprint density at radius 1 is 1.12 bits per heavy atom. The number of benzene rings is 2. The van der Waals surface area contributed by atoms with Crippen LogP contribution in [0.1, 0.15) is 20.8 Å². The quantitative estimate of drug-likeness (QED) is 0.695. The smallest absolute Gasteiger partial charge is 0.346 e. The van der Waals surface area contributed by atoms with Gasteiger partial charge in [0.05, 0.1) is 10.6 Å². The lowest BCUT2D eigenvalue weighted by atomic mass is 10.1.